The summed E-state index contributed by atoms with van der Waals surface area (Å²) in [4.78, 5) is 14.3. The highest BCUT2D eigenvalue weighted by atomic mass is 16.1. The van der Waals surface area contributed by atoms with Crippen LogP contribution in [0.4, 0.5) is 0 Å². The Hall–Kier alpha value is -1.42. The Balaban J connectivity index is 2.17. The first kappa shape index (κ1) is 9.67. The van der Waals surface area contributed by atoms with Gasteiger partial charge in [0.25, 0.3) is 0 Å². The van der Waals surface area contributed by atoms with Gasteiger partial charge in [0.15, 0.2) is 0 Å². The molecule has 4 heteroatoms. The van der Waals surface area contributed by atoms with Gasteiger partial charge in [-0.2, -0.15) is 0 Å². The number of amides is 1. The van der Waals surface area contributed by atoms with Crippen molar-refractivity contribution >= 4 is 5.91 Å². The van der Waals surface area contributed by atoms with Crippen molar-refractivity contribution in [3.05, 3.63) is 30.1 Å². The summed E-state index contributed by atoms with van der Waals surface area (Å²) in [7, 11) is 0. The lowest BCUT2D eigenvalue weighted by molar-refractivity contribution is -0.117. The number of primary amides is 1. The number of rotatable bonds is 5. The molecule has 0 aliphatic rings. The molecule has 0 spiro atoms. The molecule has 0 aliphatic heterocycles. The normalized spacial score (nSPS) is 9.85. The highest BCUT2D eigenvalue weighted by Gasteiger charge is 1.93. The molecule has 13 heavy (non-hydrogen) atoms. The summed E-state index contributed by atoms with van der Waals surface area (Å²) < 4.78 is 0. The van der Waals surface area contributed by atoms with E-state index in [9.17, 15) is 4.79 Å². The Morgan fingerprint density at radius 2 is 2.46 bits per heavy atom. The van der Waals surface area contributed by atoms with E-state index in [1.807, 2.05) is 18.3 Å². The molecule has 0 radical (unpaired) electrons. The molecule has 0 aliphatic carbocycles. The van der Waals surface area contributed by atoms with E-state index in [2.05, 4.69) is 10.3 Å². The van der Waals surface area contributed by atoms with Crippen LogP contribution in [-0.2, 0) is 11.2 Å². The third-order valence-corrected chi connectivity index (χ3v) is 1.61. The molecule has 1 heterocycles. The van der Waals surface area contributed by atoms with Crippen molar-refractivity contribution in [1.82, 2.24) is 10.3 Å². The third kappa shape index (κ3) is 4.22. The third-order valence-electron chi connectivity index (χ3n) is 1.61. The molecule has 3 N–H and O–H groups in total. The number of nitrogens with zero attached hydrogens (tertiary/aromatic N) is 1. The molecule has 1 aromatic rings. The summed E-state index contributed by atoms with van der Waals surface area (Å²) in [5.41, 5.74) is 6.11. The smallest absolute Gasteiger partial charge is 0.231 e. The summed E-state index contributed by atoms with van der Waals surface area (Å²) in [5.74, 6) is -0.328. The number of hydrogen-bond donors (Lipinski definition) is 2. The summed E-state index contributed by atoms with van der Waals surface area (Å²) in [6.45, 7) is 0.981. The number of aromatic nitrogens is 1. The van der Waals surface area contributed by atoms with Crippen molar-refractivity contribution in [2.24, 2.45) is 5.73 Å². The van der Waals surface area contributed by atoms with Crippen LogP contribution in [0.5, 0.6) is 0 Å². The van der Waals surface area contributed by atoms with Gasteiger partial charge < -0.3 is 11.1 Å². The molecule has 0 atom stereocenters. The van der Waals surface area contributed by atoms with Crippen LogP contribution in [0.25, 0.3) is 0 Å². The van der Waals surface area contributed by atoms with E-state index >= 15 is 0 Å². The summed E-state index contributed by atoms with van der Waals surface area (Å²) in [6, 6.07) is 3.89. The van der Waals surface area contributed by atoms with Crippen molar-refractivity contribution < 1.29 is 4.79 Å². The number of carbonyl (C=O) groups is 1. The van der Waals surface area contributed by atoms with Crippen molar-refractivity contribution in [2.75, 3.05) is 13.1 Å². The van der Waals surface area contributed by atoms with Gasteiger partial charge in [0.2, 0.25) is 5.91 Å². The Kier molecular flexibility index (Phi) is 3.92. The maximum atomic E-state index is 10.4. The lowest BCUT2D eigenvalue weighted by Gasteiger charge is -2.01. The zero-order valence-electron chi connectivity index (χ0n) is 7.36. The molecule has 1 rings (SSSR count). The minimum Gasteiger partial charge on any atom is -0.369 e. The second-order valence-corrected chi connectivity index (χ2v) is 2.75. The fourth-order valence-corrected chi connectivity index (χ4v) is 0.990. The van der Waals surface area contributed by atoms with Crippen LogP contribution >= 0.6 is 0 Å². The molecule has 0 bridgehead atoms. The minimum atomic E-state index is -0.328. The molecule has 0 unspecified atom stereocenters. The van der Waals surface area contributed by atoms with Gasteiger partial charge in [0.05, 0.1) is 6.54 Å². The summed E-state index contributed by atoms with van der Waals surface area (Å²) >= 11 is 0. The van der Waals surface area contributed by atoms with E-state index < -0.39 is 0 Å². The SMILES string of the molecule is NC(=O)CNCCc1cccnc1. The second kappa shape index (κ2) is 5.27. The maximum Gasteiger partial charge on any atom is 0.231 e. The first-order valence-corrected chi connectivity index (χ1v) is 4.17. The highest BCUT2D eigenvalue weighted by molar-refractivity contribution is 5.75. The number of carbonyl (C=O) groups excluding carboxylic acids is 1. The minimum absolute atomic E-state index is 0.236. The molecule has 0 fully saturated rings. The fourth-order valence-electron chi connectivity index (χ4n) is 0.990. The monoisotopic (exact) mass is 179 g/mol. The number of nitrogens with two attached hydrogens (primary N) is 1. The van der Waals surface area contributed by atoms with Crippen molar-refractivity contribution in [2.45, 2.75) is 6.42 Å². The number of nitrogens with one attached hydrogen (secondary N) is 1. The number of pyridine rings is 1. The molecule has 1 aromatic heterocycles. The topological polar surface area (TPSA) is 68.0 Å². The van der Waals surface area contributed by atoms with Crippen molar-refractivity contribution in [1.29, 1.82) is 0 Å². The van der Waals surface area contributed by atoms with Gasteiger partial charge in [0, 0.05) is 12.4 Å². The Bertz CT molecular complexity index is 261. The molecule has 0 saturated heterocycles. The first-order valence-electron chi connectivity index (χ1n) is 4.17. The van der Waals surface area contributed by atoms with Gasteiger partial charge in [-0.05, 0) is 24.6 Å². The van der Waals surface area contributed by atoms with E-state index in [-0.39, 0.29) is 12.5 Å². The van der Waals surface area contributed by atoms with Crippen LogP contribution in [0.1, 0.15) is 5.56 Å². The molecule has 0 aromatic carbocycles. The van der Waals surface area contributed by atoms with E-state index in [1.54, 1.807) is 6.20 Å². The largest absolute Gasteiger partial charge is 0.369 e. The van der Waals surface area contributed by atoms with Gasteiger partial charge in [-0.3, -0.25) is 9.78 Å². The zero-order chi connectivity index (χ0) is 9.52. The van der Waals surface area contributed by atoms with E-state index in [4.69, 9.17) is 5.73 Å². The summed E-state index contributed by atoms with van der Waals surface area (Å²) in [6.07, 6.45) is 4.41. The second-order valence-electron chi connectivity index (χ2n) is 2.75. The van der Waals surface area contributed by atoms with Crippen LogP contribution in [0, 0.1) is 0 Å². The fraction of sp³-hybridized carbons (Fsp3) is 0.333. The molecular weight excluding hydrogens is 166 g/mol. The van der Waals surface area contributed by atoms with Crippen molar-refractivity contribution in [3.8, 4) is 0 Å². The van der Waals surface area contributed by atoms with Gasteiger partial charge in [-0.1, -0.05) is 6.07 Å². The van der Waals surface area contributed by atoms with Crippen LogP contribution in [0.15, 0.2) is 24.5 Å². The highest BCUT2D eigenvalue weighted by Crippen LogP contribution is 1.94. The standard InChI is InChI=1S/C9H13N3O/c10-9(13)7-12-5-3-8-2-1-4-11-6-8/h1-2,4,6,12H,3,5,7H2,(H2,10,13). The van der Waals surface area contributed by atoms with Crippen LogP contribution < -0.4 is 11.1 Å². The lowest BCUT2D eigenvalue weighted by Crippen LogP contribution is -2.29. The molecule has 70 valence electrons. The predicted octanol–water partition coefficient (Wildman–Crippen LogP) is -0.301. The molecule has 0 saturated carbocycles. The van der Waals surface area contributed by atoms with E-state index in [0.717, 1.165) is 18.5 Å². The van der Waals surface area contributed by atoms with Crippen LogP contribution in [-0.4, -0.2) is 24.0 Å². The van der Waals surface area contributed by atoms with Crippen LogP contribution in [0.2, 0.25) is 0 Å². The molecule has 1 amide bonds. The number of hydrogen-bond acceptors (Lipinski definition) is 3. The Morgan fingerprint density at radius 3 is 3.08 bits per heavy atom. The zero-order valence-corrected chi connectivity index (χ0v) is 7.36. The Morgan fingerprint density at radius 1 is 1.62 bits per heavy atom. The predicted molar refractivity (Wildman–Crippen MR) is 50.0 cm³/mol. The van der Waals surface area contributed by atoms with E-state index in [1.165, 1.54) is 0 Å². The maximum absolute atomic E-state index is 10.4. The average molecular weight is 179 g/mol. The summed E-state index contributed by atoms with van der Waals surface area (Å²) in [5, 5.41) is 2.93. The molecule has 4 nitrogen and oxygen atoms in total. The Labute approximate surface area is 77.2 Å². The van der Waals surface area contributed by atoms with Gasteiger partial charge >= 0.3 is 0 Å². The lowest BCUT2D eigenvalue weighted by atomic mass is 10.2. The quantitative estimate of drug-likeness (QED) is 0.610. The molecular formula is C9H13N3O. The van der Waals surface area contributed by atoms with Gasteiger partial charge in [-0.25, -0.2) is 0 Å². The van der Waals surface area contributed by atoms with Crippen molar-refractivity contribution in [3.63, 3.8) is 0 Å². The van der Waals surface area contributed by atoms with Crippen LogP contribution in [0.3, 0.4) is 0 Å². The van der Waals surface area contributed by atoms with Gasteiger partial charge in [0.1, 0.15) is 0 Å². The first-order chi connectivity index (χ1) is 6.29. The van der Waals surface area contributed by atoms with Gasteiger partial charge in [-0.15, -0.1) is 0 Å². The van der Waals surface area contributed by atoms with E-state index in [0.29, 0.717) is 0 Å². The average Bonchev–Trinajstić information content (AvgIpc) is 2.14.